The molecule has 0 heterocycles. The van der Waals surface area contributed by atoms with E-state index < -0.39 is 11.9 Å². The van der Waals surface area contributed by atoms with Crippen LogP contribution in [-0.4, -0.2) is 29.3 Å². The molecule has 1 N–H and O–H groups in total. The number of halogens is 3. The highest BCUT2D eigenvalue weighted by Gasteiger charge is 2.31. The Labute approximate surface area is 203 Å². The predicted octanol–water partition coefficient (Wildman–Crippen LogP) is 5.45. The second kappa shape index (κ2) is 11.8. The van der Waals surface area contributed by atoms with Crippen LogP contribution in [0.2, 0.25) is 10.0 Å². The zero-order valence-electron chi connectivity index (χ0n) is 18.2. The summed E-state index contributed by atoms with van der Waals surface area (Å²) >= 11 is 12.6. The molecule has 0 aliphatic rings. The van der Waals surface area contributed by atoms with Crippen molar-refractivity contribution >= 4 is 35.0 Å². The maximum absolute atomic E-state index is 14.5. The summed E-state index contributed by atoms with van der Waals surface area (Å²) in [6.07, 6.45) is 0.167. The predicted molar refractivity (Wildman–Crippen MR) is 130 cm³/mol. The van der Waals surface area contributed by atoms with E-state index in [1.807, 2.05) is 37.3 Å². The fourth-order valence-corrected chi connectivity index (χ4v) is 4.14. The summed E-state index contributed by atoms with van der Waals surface area (Å²) in [6, 6.07) is 19.8. The first kappa shape index (κ1) is 24.7. The van der Waals surface area contributed by atoms with Gasteiger partial charge in [-0.1, -0.05) is 77.8 Å². The van der Waals surface area contributed by atoms with Gasteiger partial charge < -0.3 is 10.2 Å². The Kier molecular flexibility index (Phi) is 8.87. The van der Waals surface area contributed by atoms with Gasteiger partial charge in [0.2, 0.25) is 11.8 Å². The minimum absolute atomic E-state index is 0.0672. The lowest BCUT2D eigenvalue weighted by molar-refractivity contribution is -0.140. The van der Waals surface area contributed by atoms with Crippen LogP contribution in [-0.2, 0) is 29.0 Å². The molecule has 3 aromatic carbocycles. The maximum Gasteiger partial charge on any atom is 0.243 e. The molecule has 0 aromatic heterocycles. The Bertz CT molecular complexity index is 1090. The van der Waals surface area contributed by atoms with Gasteiger partial charge >= 0.3 is 0 Å². The first-order chi connectivity index (χ1) is 15.9. The molecule has 3 rings (SSSR count). The van der Waals surface area contributed by atoms with Crippen LogP contribution in [0.3, 0.4) is 0 Å². The molecule has 7 heteroatoms. The van der Waals surface area contributed by atoms with Gasteiger partial charge in [-0.25, -0.2) is 4.39 Å². The number of nitrogens with zero attached hydrogens (tertiary/aromatic N) is 1. The van der Waals surface area contributed by atoms with Crippen LogP contribution in [0.4, 0.5) is 4.39 Å². The van der Waals surface area contributed by atoms with E-state index in [4.69, 9.17) is 23.2 Å². The van der Waals surface area contributed by atoms with Gasteiger partial charge in [-0.15, -0.1) is 0 Å². The van der Waals surface area contributed by atoms with Crippen LogP contribution in [0.25, 0.3) is 0 Å². The van der Waals surface area contributed by atoms with E-state index in [0.717, 1.165) is 5.56 Å². The number of nitrogens with one attached hydrogen (secondary N) is 1. The lowest BCUT2D eigenvalue weighted by Crippen LogP contribution is -2.51. The average molecular weight is 487 g/mol. The summed E-state index contributed by atoms with van der Waals surface area (Å²) in [5.74, 6) is -1.13. The summed E-state index contributed by atoms with van der Waals surface area (Å²) < 4.78 is 14.5. The third-order valence-corrected chi connectivity index (χ3v) is 6.02. The van der Waals surface area contributed by atoms with Crippen LogP contribution >= 0.6 is 23.2 Å². The van der Waals surface area contributed by atoms with Crippen molar-refractivity contribution in [2.75, 3.05) is 6.54 Å². The minimum atomic E-state index is -0.847. The molecule has 1 atom stereocenters. The van der Waals surface area contributed by atoms with Gasteiger partial charge in [0.05, 0.1) is 6.42 Å². The van der Waals surface area contributed by atoms with Crippen LogP contribution in [0.1, 0.15) is 23.6 Å². The van der Waals surface area contributed by atoms with E-state index in [9.17, 15) is 14.0 Å². The van der Waals surface area contributed by atoms with Gasteiger partial charge in [0.25, 0.3) is 0 Å². The summed E-state index contributed by atoms with van der Waals surface area (Å²) in [6.45, 7) is 2.15. The quantitative estimate of drug-likeness (QED) is 0.437. The lowest BCUT2D eigenvalue weighted by atomic mass is 10.0. The third kappa shape index (κ3) is 6.56. The van der Waals surface area contributed by atoms with Crippen molar-refractivity contribution in [2.45, 2.75) is 32.4 Å². The molecule has 0 bridgehead atoms. The van der Waals surface area contributed by atoms with Gasteiger partial charge in [-0.3, -0.25) is 9.59 Å². The molecule has 0 aliphatic carbocycles. The van der Waals surface area contributed by atoms with Gasteiger partial charge in [-0.05, 0) is 36.2 Å². The van der Waals surface area contributed by atoms with Crippen LogP contribution in [0.5, 0.6) is 0 Å². The highest BCUT2D eigenvalue weighted by atomic mass is 35.5. The molecule has 2 amide bonds. The third-order valence-electron chi connectivity index (χ3n) is 5.31. The zero-order chi connectivity index (χ0) is 23.8. The minimum Gasteiger partial charge on any atom is -0.355 e. The summed E-state index contributed by atoms with van der Waals surface area (Å²) in [5, 5.41) is 3.53. The Hall–Kier alpha value is -2.89. The summed E-state index contributed by atoms with van der Waals surface area (Å²) in [7, 11) is 0. The van der Waals surface area contributed by atoms with E-state index in [2.05, 4.69) is 5.32 Å². The topological polar surface area (TPSA) is 49.4 Å². The molecule has 0 aliphatic heterocycles. The number of rotatable bonds is 9. The van der Waals surface area contributed by atoms with E-state index in [1.54, 1.807) is 36.4 Å². The van der Waals surface area contributed by atoms with Crippen molar-refractivity contribution in [3.05, 3.63) is 105 Å². The number of likely N-dealkylation sites (N-methyl/N-ethyl adjacent to an activating group) is 1. The molecule has 3 aromatic rings. The number of carbonyl (C=O) groups is 2. The Morgan fingerprint density at radius 3 is 2.21 bits per heavy atom. The lowest BCUT2D eigenvalue weighted by Gasteiger charge is -2.32. The van der Waals surface area contributed by atoms with Gasteiger partial charge in [0, 0.05) is 35.1 Å². The van der Waals surface area contributed by atoms with Gasteiger partial charge in [-0.2, -0.15) is 0 Å². The number of amides is 2. The SMILES string of the molecule is CCNC(=O)C(Cc1ccccc1)N(Cc1ccccc1F)C(=O)Cc1c(Cl)cccc1Cl. The van der Waals surface area contributed by atoms with Crippen molar-refractivity contribution in [1.82, 2.24) is 10.2 Å². The van der Waals surface area contributed by atoms with Crippen molar-refractivity contribution in [3.63, 3.8) is 0 Å². The standard InChI is InChI=1S/C26H25Cl2FN2O2/c1-2-30-26(33)24(15-18-9-4-3-5-10-18)31(17-19-11-6-7-14-23(19)29)25(32)16-20-21(27)12-8-13-22(20)28/h3-14,24H,2,15-17H2,1H3,(H,30,33). The van der Waals surface area contributed by atoms with Crippen LogP contribution in [0.15, 0.2) is 72.8 Å². The summed E-state index contributed by atoms with van der Waals surface area (Å²) in [5.41, 5.74) is 1.67. The van der Waals surface area contributed by atoms with Gasteiger partial charge in [0.15, 0.2) is 0 Å². The zero-order valence-corrected chi connectivity index (χ0v) is 19.7. The van der Waals surface area contributed by atoms with E-state index in [1.165, 1.54) is 11.0 Å². The number of hydrogen-bond acceptors (Lipinski definition) is 2. The fraction of sp³-hybridized carbons (Fsp3) is 0.231. The molecule has 0 radical (unpaired) electrons. The second-order valence-corrected chi connectivity index (χ2v) is 8.40. The molecule has 1 unspecified atom stereocenters. The van der Waals surface area contributed by atoms with E-state index in [-0.39, 0.29) is 31.2 Å². The largest absolute Gasteiger partial charge is 0.355 e. The molecule has 0 saturated carbocycles. The molecular formula is C26H25Cl2FN2O2. The van der Waals surface area contributed by atoms with Crippen molar-refractivity contribution in [1.29, 1.82) is 0 Å². The smallest absolute Gasteiger partial charge is 0.243 e. The molecule has 172 valence electrons. The van der Waals surface area contributed by atoms with Crippen LogP contribution < -0.4 is 5.32 Å². The first-order valence-electron chi connectivity index (χ1n) is 10.7. The highest BCUT2D eigenvalue weighted by Crippen LogP contribution is 2.26. The van der Waals surface area contributed by atoms with E-state index >= 15 is 0 Å². The number of hydrogen-bond donors (Lipinski definition) is 1. The van der Waals surface area contributed by atoms with Crippen molar-refractivity contribution < 1.29 is 14.0 Å². The van der Waals surface area contributed by atoms with Crippen molar-refractivity contribution in [2.24, 2.45) is 0 Å². The van der Waals surface area contributed by atoms with Gasteiger partial charge in [0.1, 0.15) is 11.9 Å². The first-order valence-corrected chi connectivity index (χ1v) is 11.4. The molecule has 0 saturated heterocycles. The Morgan fingerprint density at radius 2 is 1.58 bits per heavy atom. The highest BCUT2D eigenvalue weighted by molar-refractivity contribution is 6.36. The molecular weight excluding hydrogens is 462 g/mol. The number of benzene rings is 3. The Morgan fingerprint density at radius 1 is 0.939 bits per heavy atom. The fourth-order valence-electron chi connectivity index (χ4n) is 3.61. The summed E-state index contributed by atoms with van der Waals surface area (Å²) in [4.78, 5) is 28.1. The van der Waals surface area contributed by atoms with Crippen LogP contribution in [0, 0.1) is 5.82 Å². The monoisotopic (exact) mass is 486 g/mol. The second-order valence-electron chi connectivity index (χ2n) is 7.59. The number of carbonyl (C=O) groups excluding carboxylic acids is 2. The molecule has 0 fully saturated rings. The average Bonchev–Trinajstić information content (AvgIpc) is 2.80. The molecule has 33 heavy (non-hydrogen) atoms. The van der Waals surface area contributed by atoms with Crippen molar-refractivity contribution in [3.8, 4) is 0 Å². The normalized spacial score (nSPS) is 11.6. The van der Waals surface area contributed by atoms with E-state index in [0.29, 0.717) is 27.7 Å². The Balaban J connectivity index is 2.01. The molecule has 4 nitrogen and oxygen atoms in total. The molecule has 0 spiro atoms. The maximum atomic E-state index is 14.5.